The normalized spacial score (nSPS) is 20.5. The van der Waals surface area contributed by atoms with E-state index in [-0.39, 0.29) is 0 Å². The fraction of sp³-hybridized carbons (Fsp3) is 0.412. The van der Waals surface area contributed by atoms with Crippen LogP contribution < -0.4 is 4.90 Å². The fourth-order valence-corrected chi connectivity index (χ4v) is 3.71. The standard InChI is InChI=1S/C17H17N3O/c1-2-5-13-12(4-1)14-15(21-13)16(19-11-18-14)20-9-3-6-17(10-20)7-8-17/h1-2,4-5,11H,3,6-10H2. The molecule has 0 atom stereocenters. The summed E-state index contributed by atoms with van der Waals surface area (Å²) >= 11 is 0. The second kappa shape index (κ2) is 3.97. The summed E-state index contributed by atoms with van der Waals surface area (Å²) < 4.78 is 6.06. The van der Waals surface area contributed by atoms with Crippen LogP contribution in [0.15, 0.2) is 35.0 Å². The van der Waals surface area contributed by atoms with Gasteiger partial charge in [0, 0.05) is 18.5 Å². The van der Waals surface area contributed by atoms with Crippen LogP contribution in [-0.4, -0.2) is 23.1 Å². The molecule has 4 nitrogen and oxygen atoms in total. The van der Waals surface area contributed by atoms with Crippen molar-refractivity contribution in [2.75, 3.05) is 18.0 Å². The molecule has 0 bridgehead atoms. The highest BCUT2D eigenvalue weighted by Gasteiger charge is 2.46. The summed E-state index contributed by atoms with van der Waals surface area (Å²) in [6.45, 7) is 2.20. The fourth-order valence-electron chi connectivity index (χ4n) is 3.71. The quantitative estimate of drug-likeness (QED) is 0.680. The summed E-state index contributed by atoms with van der Waals surface area (Å²) in [6.07, 6.45) is 7.05. The van der Waals surface area contributed by atoms with E-state index in [1.165, 1.54) is 25.7 Å². The molecule has 0 radical (unpaired) electrons. The average molecular weight is 279 g/mol. The topological polar surface area (TPSA) is 42.2 Å². The Morgan fingerprint density at radius 1 is 1.10 bits per heavy atom. The molecule has 0 unspecified atom stereocenters. The van der Waals surface area contributed by atoms with Gasteiger partial charge in [-0.15, -0.1) is 0 Å². The monoisotopic (exact) mass is 279 g/mol. The summed E-state index contributed by atoms with van der Waals surface area (Å²) in [6, 6.07) is 8.09. The van der Waals surface area contributed by atoms with Crippen LogP contribution in [0.2, 0.25) is 0 Å². The zero-order valence-corrected chi connectivity index (χ0v) is 11.9. The van der Waals surface area contributed by atoms with Crippen molar-refractivity contribution in [2.24, 2.45) is 5.41 Å². The predicted octanol–water partition coefficient (Wildman–Crippen LogP) is 3.76. The number of benzene rings is 1. The van der Waals surface area contributed by atoms with Crippen molar-refractivity contribution in [3.63, 3.8) is 0 Å². The smallest absolute Gasteiger partial charge is 0.196 e. The SMILES string of the molecule is c1ccc2c(c1)oc1c(N3CCCC4(CC4)C3)ncnc12. The molecule has 1 aliphatic heterocycles. The van der Waals surface area contributed by atoms with Crippen molar-refractivity contribution in [3.8, 4) is 0 Å². The molecule has 1 saturated heterocycles. The number of hydrogen-bond acceptors (Lipinski definition) is 4. The van der Waals surface area contributed by atoms with E-state index in [1.54, 1.807) is 6.33 Å². The third-order valence-corrected chi connectivity index (χ3v) is 5.06. The van der Waals surface area contributed by atoms with Crippen LogP contribution in [0.5, 0.6) is 0 Å². The minimum atomic E-state index is 0.571. The largest absolute Gasteiger partial charge is 0.450 e. The second-order valence-corrected chi connectivity index (χ2v) is 6.50. The van der Waals surface area contributed by atoms with E-state index < -0.39 is 0 Å². The highest BCUT2D eigenvalue weighted by Crippen LogP contribution is 2.52. The molecule has 21 heavy (non-hydrogen) atoms. The second-order valence-electron chi connectivity index (χ2n) is 6.50. The molecule has 0 amide bonds. The van der Waals surface area contributed by atoms with Crippen molar-refractivity contribution in [2.45, 2.75) is 25.7 Å². The van der Waals surface area contributed by atoms with E-state index in [2.05, 4.69) is 20.9 Å². The van der Waals surface area contributed by atoms with E-state index in [1.807, 2.05) is 18.2 Å². The summed E-state index contributed by atoms with van der Waals surface area (Å²) in [7, 11) is 0. The number of piperidine rings is 1. The highest BCUT2D eigenvalue weighted by atomic mass is 16.3. The highest BCUT2D eigenvalue weighted by molar-refractivity contribution is 6.05. The van der Waals surface area contributed by atoms with Gasteiger partial charge in [0.25, 0.3) is 0 Å². The van der Waals surface area contributed by atoms with Gasteiger partial charge in [0.15, 0.2) is 11.4 Å². The van der Waals surface area contributed by atoms with Gasteiger partial charge in [0.1, 0.15) is 17.4 Å². The van der Waals surface area contributed by atoms with Gasteiger partial charge < -0.3 is 9.32 Å². The Hall–Kier alpha value is -2.10. The Morgan fingerprint density at radius 3 is 2.90 bits per heavy atom. The maximum absolute atomic E-state index is 6.06. The van der Waals surface area contributed by atoms with Gasteiger partial charge in [-0.3, -0.25) is 0 Å². The number of aromatic nitrogens is 2. The van der Waals surface area contributed by atoms with E-state index >= 15 is 0 Å². The molecule has 2 aliphatic rings. The third kappa shape index (κ3) is 1.68. The third-order valence-electron chi connectivity index (χ3n) is 5.06. The van der Waals surface area contributed by atoms with Crippen molar-refractivity contribution in [3.05, 3.63) is 30.6 Å². The molecule has 106 valence electrons. The van der Waals surface area contributed by atoms with Crippen LogP contribution in [0.1, 0.15) is 25.7 Å². The van der Waals surface area contributed by atoms with E-state index in [9.17, 15) is 0 Å². The molecule has 0 N–H and O–H groups in total. The van der Waals surface area contributed by atoms with Crippen molar-refractivity contribution in [1.29, 1.82) is 0 Å². The molecule has 2 fully saturated rings. The van der Waals surface area contributed by atoms with Crippen LogP contribution in [0, 0.1) is 5.41 Å². The van der Waals surface area contributed by atoms with Crippen LogP contribution >= 0.6 is 0 Å². The van der Waals surface area contributed by atoms with Crippen LogP contribution in [-0.2, 0) is 0 Å². The first-order valence-corrected chi connectivity index (χ1v) is 7.72. The van der Waals surface area contributed by atoms with Gasteiger partial charge in [-0.1, -0.05) is 12.1 Å². The number of hydrogen-bond donors (Lipinski definition) is 0. The summed E-state index contributed by atoms with van der Waals surface area (Å²) in [4.78, 5) is 11.4. The van der Waals surface area contributed by atoms with E-state index in [0.29, 0.717) is 5.41 Å². The Balaban J connectivity index is 1.68. The first kappa shape index (κ1) is 11.5. The first-order chi connectivity index (χ1) is 10.3. The van der Waals surface area contributed by atoms with Crippen molar-refractivity contribution < 1.29 is 4.42 Å². The molecule has 2 aromatic heterocycles. The first-order valence-electron chi connectivity index (χ1n) is 7.72. The Bertz CT molecular complexity index is 834. The predicted molar refractivity (Wildman–Crippen MR) is 82.4 cm³/mol. The van der Waals surface area contributed by atoms with Crippen molar-refractivity contribution >= 4 is 27.9 Å². The van der Waals surface area contributed by atoms with Crippen molar-refractivity contribution in [1.82, 2.24) is 9.97 Å². The van der Waals surface area contributed by atoms with Crippen LogP contribution in [0.4, 0.5) is 5.82 Å². The molecule has 5 rings (SSSR count). The average Bonchev–Trinajstić information content (AvgIpc) is 3.15. The van der Waals surface area contributed by atoms with Gasteiger partial charge in [-0.05, 0) is 43.2 Å². The van der Waals surface area contributed by atoms with Gasteiger partial charge in [-0.2, -0.15) is 0 Å². The molecule has 1 saturated carbocycles. The number of para-hydroxylation sites is 1. The molecule has 3 aromatic rings. The lowest BCUT2D eigenvalue weighted by Gasteiger charge is -2.33. The molecule has 3 heterocycles. The molecule has 1 aromatic carbocycles. The number of furan rings is 1. The van der Waals surface area contributed by atoms with E-state index in [4.69, 9.17) is 4.42 Å². The Labute approximate surface area is 122 Å². The van der Waals surface area contributed by atoms with Gasteiger partial charge >= 0.3 is 0 Å². The Morgan fingerprint density at radius 2 is 2.00 bits per heavy atom. The zero-order valence-electron chi connectivity index (χ0n) is 11.9. The van der Waals surface area contributed by atoms with Gasteiger partial charge in [-0.25, -0.2) is 9.97 Å². The molecule has 1 spiro atoms. The summed E-state index contributed by atoms with van der Waals surface area (Å²) in [5.41, 5.74) is 3.25. The molecule has 1 aliphatic carbocycles. The molecular weight excluding hydrogens is 262 g/mol. The maximum atomic E-state index is 6.06. The number of rotatable bonds is 1. The maximum Gasteiger partial charge on any atom is 0.196 e. The number of fused-ring (bicyclic) bond motifs is 3. The summed E-state index contributed by atoms with van der Waals surface area (Å²) in [5, 5.41) is 1.08. The van der Waals surface area contributed by atoms with Gasteiger partial charge in [0.2, 0.25) is 0 Å². The lowest BCUT2D eigenvalue weighted by Crippen LogP contribution is -2.37. The molecule has 4 heteroatoms. The number of anilines is 1. The number of nitrogens with zero attached hydrogens (tertiary/aromatic N) is 3. The van der Waals surface area contributed by atoms with Crippen LogP contribution in [0.3, 0.4) is 0 Å². The lowest BCUT2D eigenvalue weighted by molar-refractivity contribution is 0.393. The minimum absolute atomic E-state index is 0.571. The summed E-state index contributed by atoms with van der Waals surface area (Å²) in [5.74, 6) is 0.974. The minimum Gasteiger partial charge on any atom is -0.450 e. The lowest BCUT2D eigenvalue weighted by atomic mass is 9.95. The zero-order chi connectivity index (χ0) is 13.9. The van der Waals surface area contributed by atoms with E-state index in [0.717, 1.165) is 41.0 Å². The van der Waals surface area contributed by atoms with Gasteiger partial charge in [0.05, 0.1) is 0 Å². The molecular formula is C17H17N3O. The Kier molecular flexibility index (Phi) is 2.18. The van der Waals surface area contributed by atoms with Crippen LogP contribution in [0.25, 0.3) is 22.1 Å².